The van der Waals surface area contributed by atoms with Crippen molar-refractivity contribution in [3.05, 3.63) is 58.0 Å². The molecule has 1 aromatic carbocycles. The van der Waals surface area contributed by atoms with E-state index in [1.54, 1.807) is 12.1 Å². The van der Waals surface area contributed by atoms with Crippen LogP contribution in [0.2, 0.25) is 0 Å². The first-order valence-electron chi connectivity index (χ1n) is 10.2. The second-order valence-corrected chi connectivity index (χ2v) is 8.86. The number of imide groups is 1. The summed E-state index contributed by atoms with van der Waals surface area (Å²) >= 11 is 1.47. The van der Waals surface area contributed by atoms with Crippen molar-refractivity contribution in [2.24, 2.45) is 0 Å². The number of amides is 4. The van der Waals surface area contributed by atoms with Gasteiger partial charge in [0.1, 0.15) is 17.9 Å². The lowest BCUT2D eigenvalue weighted by atomic mass is 9.90. The van der Waals surface area contributed by atoms with E-state index in [9.17, 15) is 18.8 Å². The molecule has 1 saturated carbocycles. The Morgan fingerprint density at radius 1 is 1.13 bits per heavy atom. The van der Waals surface area contributed by atoms with Gasteiger partial charge in [0.25, 0.3) is 5.91 Å². The lowest BCUT2D eigenvalue weighted by Gasteiger charge is -2.25. The molecule has 0 bridgehead atoms. The Morgan fingerprint density at radius 2 is 1.83 bits per heavy atom. The molecule has 0 radical (unpaired) electrons. The van der Waals surface area contributed by atoms with E-state index in [0.29, 0.717) is 12.8 Å². The SMILES string of the molecule is O=C(CN1C(=O)NC2(CCCCCC2)C1=O)N[C@@H](c1ccc(F)cc1)c1cccs1. The first-order valence-corrected chi connectivity index (χ1v) is 11.1. The summed E-state index contributed by atoms with van der Waals surface area (Å²) < 4.78 is 13.3. The van der Waals surface area contributed by atoms with Gasteiger partial charge in [-0.2, -0.15) is 0 Å². The molecule has 2 aromatic rings. The molecule has 1 aromatic heterocycles. The topological polar surface area (TPSA) is 78.5 Å². The molecule has 1 aliphatic heterocycles. The fourth-order valence-electron chi connectivity index (χ4n) is 4.27. The van der Waals surface area contributed by atoms with E-state index in [4.69, 9.17) is 0 Å². The highest BCUT2D eigenvalue weighted by Crippen LogP contribution is 2.33. The number of halogens is 1. The van der Waals surface area contributed by atoms with Gasteiger partial charge in [0.05, 0.1) is 6.04 Å². The first kappa shape index (κ1) is 20.5. The van der Waals surface area contributed by atoms with Gasteiger partial charge < -0.3 is 10.6 Å². The number of carbonyl (C=O) groups excluding carboxylic acids is 3. The van der Waals surface area contributed by atoms with Crippen molar-refractivity contribution >= 4 is 29.2 Å². The van der Waals surface area contributed by atoms with Crippen LogP contribution in [0.5, 0.6) is 0 Å². The standard InChI is InChI=1S/C22H24FN3O3S/c23-16-9-7-15(8-10-16)19(17-6-5-13-30-17)24-18(27)14-26-20(28)22(25-21(26)29)11-3-1-2-4-12-22/h5-10,13,19H,1-4,11-12,14H2,(H,24,27)(H,25,29)/t19-/m0/s1. The lowest BCUT2D eigenvalue weighted by Crippen LogP contribution is -2.47. The first-order chi connectivity index (χ1) is 14.5. The zero-order valence-electron chi connectivity index (χ0n) is 16.5. The van der Waals surface area contributed by atoms with Gasteiger partial charge in [-0.25, -0.2) is 9.18 Å². The molecule has 30 heavy (non-hydrogen) atoms. The number of rotatable bonds is 5. The van der Waals surface area contributed by atoms with Crippen molar-refractivity contribution in [3.8, 4) is 0 Å². The Bertz CT molecular complexity index is 922. The fourth-order valence-corrected chi connectivity index (χ4v) is 5.07. The van der Waals surface area contributed by atoms with E-state index in [0.717, 1.165) is 41.0 Å². The minimum absolute atomic E-state index is 0.306. The molecule has 6 nitrogen and oxygen atoms in total. The number of nitrogens with zero attached hydrogens (tertiary/aromatic N) is 1. The second-order valence-electron chi connectivity index (χ2n) is 7.89. The van der Waals surface area contributed by atoms with E-state index in [-0.39, 0.29) is 18.3 Å². The average molecular weight is 430 g/mol. The molecule has 1 atom stereocenters. The Kier molecular flexibility index (Phi) is 5.85. The van der Waals surface area contributed by atoms with Gasteiger partial charge in [0, 0.05) is 4.88 Å². The Balaban J connectivity index is 1.49. The minimum Gasteiger partial charge on any atom is -0.343 e. The number of hydrogen-bond donors (Lipinski definition) is 2. The van der Waals surface area contributed by atoms with Crippen molar-refractivity contribution in [1.29, 1.82) is 0 Å². The van der Waals surface area contributed by atoms with E-state index in [1.807, 2.05) is 17.5 Å². The van der Waals surface area contributed by atoms with Crippen molar-refractivity contribution in [2.45, 2.75) is 50.1 Å². The Labute approximate surface area is 178 Å². The van der Waals surface area contributed by atoms with Crippen molar-refractivity contribution in [1.82, 2.24) is 15.5 Å². The van der Waals surface area contributed by atoms with Crippen LogP contribution in [0, 0.1) is 5.82 Å². The van der Waals surface area contributed by atoms with E-state index >= 15 is 0 Å². The summed E-state index contributed by atoms with van der Waals surface area (Å²) in [6, 6.07) is 8.69. The maximum atomic E-state index is 13.3. The number of carbonyl (C=O) groups is 3. The van der Waals surface area contributed by atoms with Gasteiger partial charge >= 0.3 is 6.03 Å². The molecule has 1 spiro atoms. The molecular formula is C22H24FN3O3S. The third kappa shape index (κ3) is 4.09. The van der Waals surface area contributed by atoms with E-state index < -0.39 is 23.5 Å². The zero-order valence-corrected chi connectivity index (χ0v) is 17.3. The fraction of sp³-hybridized carbons (Fsp3) is 0.409. The lowest BCUT2D eigenvalue weighted by molar-refractivity contribution is -0.135. The normalized spacial score (nSPS) is 19.4. The highest BCUT2D eigenvalue weighted by molar-refractivity contribution is 7.10. The summed E-state index contributed by atoms with van der Waals surface area (Å²) in [5, 5.41) is 7.65. The quantitative estimate of drug-likeness (QED) is 0.711. The van der Waals surface area contributed by atoms with Gasteiger partial charge in [0.15, 0.2) is 0 Å². The molecule has 4 rings (SSSR count). The molecule has 2 aliphatic rings. The van der Waals surface area contributed by atoms with Gasteiger partial charge in [0.2, 0.25) is 5.91 Å². The molecule has 1 saturated heterocycles. The summed E-state index contributed by atoms with van der Waals surface area (Å²) in [5.41, 5.74) is -0.137. The molecule has 1 aliphatic carbocycles. The van der Waals surface area contributed by atoms with Gasteiger partial charge in [-0.15, -0.1) is 11.3 Å². The van der Waals surface area contributed by atoms with Gasteiger partial charge in [-0.3, -0.25) is 14.5 Å². The molecule has 8 heteroatoms. The highest BCUT2D eigenvalue weighted by atomic mass is 32.1. The van der Waals surface area contributed by atoms with Crippen molar-refractivity contribution in [3.63, 3.8) is 0 Å². The van der Waals surface area contributed by atoms with E-state index in [1.165, 1.54) is 23.5 Å². The molecule has 4 amide bonds. The monoisotopic (exact) mass is 429 g/mol. The number of urea groups is 1. The van der Waals surface area contributed by atoms with Crippen LogP contribution in [-0.4, -0.2) is 34.8 Å². The van der Waals surface area contributed by atoms with Crippen LogP contribution in [0.3, 0.4) is 0 Å². The van der Waals surface area contributed by atoms with Crippen LogP contribution < -0.4 is 10.6 Å². The van der Waals surface area contributed by atoms with Crippen LogP contribution in [-0.2, 0) is 9.59 Å². The predicted octanol–water partition coefficient (Wildman–Crippen LogP) is 3.74. The van der Waals surface area contributed by atoms with Crippen molar-refractivity contribution in [2.75, 3.05) is 6.54 Å². The van der Waals surface area contributed by atoms with Gasteiger partial charge in [-0.1, -0.05) is 43.9 Å². The third-order valence-corrected chi connectivity index (χ3v) is 6.78. The summed E-state index contributed by atoms with van der Waals surface area (Å²) in [7, 11) is 0. The molecule has 2 fully saturated rings. The van der Waals surface area contributed by atoms with E-state index in [2.05, 4.69) is 10.6 Å². The summed E-state index contributed by atoms with van der Waals surface area (Å²) in [6.45, 7) is -0.338. The number of thiophene rings is 1. The average Bonchev–Trinajstić information content (AvgIpc) is 3.25. The largest absolute Gasteiger partial charge is 0.343 e. The number of benzene rings is 1. The Morgan fingerprint density at radius 3 is 2.47 bits per heavy atom. The van der Waals surface area contributed by atoms with Crippen LogP contribution >= 0.6 is 11.3 Å². The van der Waals surface area contributed by atoms with Crippen LogP contribution in [0.25, 0.3) is 0 Å². The molecule has 2 N–H and O–H groups in total. The summed E-state index contributed by atoms with van der Waals surface area (Å²) in [4.78, 5) is 40.3. The summed E-state index contributed by atoms with van der Waals surface area (Å²) in [6.07, 6.45) is 5.09. The Hall–Kier alpha value is -2.74. The number of nitrogens with one attached hydrogen (secondary N) is 2. The molecule has 158 valence electrons. The molecule has 2 heterocycles. The maximum Gasteiger partial charge on any atom is 0.325 e. The minimum atomic E-state index is -0.863. The summed E-state index contributed by atoms with van der Waals surface area (Å²) in [5.74, 6) is -1.10. The van der Waals surface area contributed by atoms with Crippen LogP contribution in [0.4, 0.5) is 9.18 Å². The zero-order chi connectivity index (χ0) is 21.1. The number of hydrogen-bond acceptors (Lipinski definition) is 4. The smallest absolute Gasteiger partial charge is 0.325 e. The van der Waals surface area contributed by atoms with Crippen molar-refractivity contribution < 1.29 is 18.8 Å². The second kappa shape index (κ2) is 8.55. The van der Waals surface area contributed by atoms with Crippen LogP contribution in [0.1, 0.15) is 55.0 Å². The predicted molar refractivity (Wildman–Crippen MR) is 111 cm³/mol. The third-order valence-electron chi connectivity index (χ3n) is 5.84. The highest BCUT2D eigenvalue weighted by Gasteiger charge is 2.51. The maximum absolute atomic E-state index is 13.3. The van der Waals surface area contributed by atoms with Gasteiger partial charge in [-0.05, 0) is 42.0 Å². The van der Waals surface area contributed by atoms with Crippen LogP contribution in [0.15, 0.2) is 41.8 Å². The molecular weight excluding hydrogens is 405 g/mol. The molecule has 0 unspecified atom stereocenters.